The summed E-state index contributed by atoms with van der Waals surface area (Å²) in [7, 11) is 0. The number of carbonyl (C=O) groups is 1. The molecular formula is C25H23N3O2. The zero-order chi connectivity index (χ0) is 21.3. The average Bonchev–Trinajstić information content (AvgIpc) is 2.70. The van der Waals surface area contributed by atoms with Crippen molar-refractivity contribution in [2.24, 2.45) is 0 Å². The molecule has 0 radical (unpaired) electrons. The van der Waals surface area contributed by atoms with Crippen LogP contribution in [0, 0.1) is 20.8 Å². The number of aromatic nitrogens is 2. The van der Waals surface area contributed by atoms with Gasteiger partial charge in [-0.25, -0.2) is 4.98 Å². The van der Waals surface area contributed by atoms with Gasteiger partial charge in [-0.2, -0.15) is 0 Å². The molecule has 0 spiro atoms. The van der Waals surface area contributed by atoms with Crippen molar-refractivity contribution in [3.8, 4) is 5.69 Å². The summed E-state index contributed by atoms with van der Waals surface area (Å²) < 4.78 is 1.60. The van der Waals surface area contributed by atoms with Gasteiger partial charge in [0, 0.05) is 5.69 Å². The second kappa shape index (κ2) is 7.95. The molecule has 30 heavy (non-hydrogen) atoms. The van der Waals surface area contributed by atoms with Gasteiger partial charge in [0.2, 0.25) is 5.91 Å². The molecule has 0 bridgehead atoms. The highest BCUT2D eigenvalue weighted by atomic mass is 16.1. The molecule has 4 aromatic rings. The molecule has 0 unspecified atom stereocenters. The first-order valence-corrected chi connectivity index (χ1v) is 9.86. The highest BCUT2D eigenvalue weighted by Gasteiger charge is 2.12. The second-order valence-electron chi connectivity index (χ2n) is 7.58. The SMILES string of the molecule is Cc1ccc(-n2c(C)nc3ccc(NC(=O)Cc4cccc(C)c4)cc3c2=O)cc1. The second-order valence-corrected chi connectivity index (χ2v) is 7.58. The van der Waals surface area contributed by atoms with E-state index in [2.05, 4.69) is 10.3 Å². The predicted molar refractivity (Wildman–Crippen MR) is 120 cm³/mol. The standard InChI is InChI=1S/C25H23N3O2/c1-16-7-10-21(11-8-16)28-18(3)26-23-12-9-20(15-22(23)25(28)30)27-24(29)14-19-6-4-5-17(2)13-19/h4-13,15H,14H2,1-3H3,(H,27,29). The van der Waals surface area contributed by atoms with Gasteiger partial charge in [-0.15, -0.1) is 0 Å². The van der Waals surface area contributed by atoms with Gasteiger partial charge in [0.15, 0.2) is 0 Å². The quantitative estimate of drug-likeness (QED) is 0.552. The summed E-state index contributed by atoms with van der Waals surface area (Å²) in [6.45, 7) is 5.82. The van der Waals surface area contributed by atoms with Gasteiger partial charge in [-0.3, -0.25) is 14.2 Å². The minimum atomic E-state index is -0.156. The van der Waals surface area contributed by atoms with E-state index in [4.69, 9.17) is 0 Å². The Morgan fingerprint density at radius 3 is 2.43 bits per heavy atom. The van der Waals surface area contributed by atoms with Crippen LogP contribution in [-0.4, -0.2) is 15.5 Å². The molecule has 1 N–H and O–H groups in total. The smallest absolute Gasteiger partial charge is 0.266 e. The molecule has 0 fully saturated rings. The number of amides is 1. The molecule has 0 atom stereocenters. The fourth-order valence-corrected chi connectivity index (χ4v) is 3.58. The third-order valence-corrected chi connectivity index (χ3v) is 5.06. The molecule has 0 aliphatic rings. The number of aryl methyl sites for hydroxylation is 3. The van der Waals surface area contributed by atoms with Crippen LogP contribution < -0.4 is 10.9 Å². The first-order valence-electron chi connectivity index (χ1n) is 9.86. The van der Waals surface area contributed by atoms with Crippen LogP contribution in [0.4, 0.5) is 5.69 Å². The number of fused-ring (bicyclic) bond motifs is 1. The van der Waals surface area contributed by atoms with Crippen molar-refractivity contribution in [2.45, 2.75) is 27.2 Å². The third-order valence-electron chi connectivity index (χ3n) is 5.06. The fourth-order valence-electron chi connectivity index (χ4n) is 3.58. The van der Waals surface area contributed by atoms with Gasteiger partial charge in [0.25, 0.3) is 5.56 Å². The van der Waals surface area contributed by atoms with Crippen molar-refractivity contribution in [3.63, 3.8) is 0 Å². The minimum absolute atomic E-state index is 0.126. The third kappa shape index (κ3) is 4.01. The lowest BCUT2D eigenvalue weighted by Gasteiger charge is -2.12. The summed E-state index contributed by atoms with van der Waals surface area (Å²) in [5, 5.41) is 3.36. The van der Waals surface area contributed by atoms with Crippen LogP contribution >= 0.6 is 0 Å². The van der Waals surface area contributed by atoms with E-state index in [0.717, 1.165) is 22.4 Å². The monoisotopic (exact) mass is 397 g/mol. The molecule has 1 aromatic heterocycles. The van der Waals surface area contributed by atoms with Crippen LogP contribution in [0.5, 0.6) is 0 Å². The van der Waals surface area contributed by atoms with E-state index in [-0.39, 0.29) is 17.9 Å². The maximum atomic E-state index is 13.2. The van der Waals surface area contributed by atoms with Gasteiger partial charge >= 0.3 is 0 Å². The summed E-state index contributed by atoms with van der Waals surface area (Å²) in [6.07, 6.45) is 0.277. The lowest BCUT2D eigenvalue weighted by molar-refractivity contribution is -0.115. The van der Waals surface area contributed by atoms with Crippen LogP contribution in [0.3, 0.4) is 0 Å². The fraction of sp³-hybridized carbons (Fsp3) is 0.160. The van der Waals surface area contributed by atoms with Gasteiger partial charge in [0.1, 0.15) is 5.82 Å². The van der Waals surface area contributed by atoms with Crippen LogP contribution in [0.2, 0.25) is 0 Å². The molecule has 0 aliphatic heterocycles. The van der Waals surface area contributed by atoms with Crippen LogP contribution in [0.25, 0.3) is 16.6 Å². The molecule has 150 valence electrons. The lowest BCUT2D eigenvalue weighted by atomic mass is 10.1. The molecule has 1 heterocycles. The topological polar surface area (TPSA) is 64.0 Å². The first kappa shape index (κ1) is 19.6. The molecule has 4 rings (SSSR count). The molecule has 3 aromatic carbocycles. The molecular weight excluding hydrogens is 374 g/mol. The number of anilines is 1. The van der Waals surface area contributed by atoms with Crippen molar-refractivity contribution in [1.29, 1.82) is 0 Å². The molecule has 1 amide bonds. The van der Waals surface area contributed by atoms with Crippen molar-refractivity contribution in [3.05, 3.63) is 99.6 Å². The lowest BCUT2D eigenvalue weighted by Crippen LogP contribution is -2.22. The number of hydrogen-bond acceptors (Lipinski definition) is 3. The van der Waals surface area contributed by atoms with Crippen molar-refractivity contribution < 1.29 is 4.79 Å². The van der Waals surface area contributed by atoms with Crippen molar-refractivity contribution in [2.75, 3.05) is 5.32 Å². The van der Waals surface area contributed by atoms with Crippen LogP contribution in [-0.2, 0) is 11.2 Å². The Hall–Kier alpha value is -3.73. The largest absolute Gasteiger partial charge is 0.326 e. The number of hydrogen-bond donors (Lipinski definition) is 1. The van der Waals surface area contributed by atoms with E-state index in [0.29, 0.717) is 22.4 Å². The highest BCUT2D eigenvalue weighted by Crippen LogP contribution is 2.18. The van der Waals surface area contributed by atoms with Gasteiger partial charge < -0.3 is 5.32 Å². The van der Waals surface area contributed by atoms with E-state index in [9.17, 15) is 9.59 Å². The van der Waals surface area contributed by atoms with E-state index >= 15 is 0 Å². The Kier molecular flexibility index (Phi) is 5.19. The number of nitrogens with zero attached hydrogens (tertiary/aromatic N) is 2. The molecule has 0 saturated heterocycles. The number of rotatable bonds is 4. The average molecular weight is 397 g/mol. The Bertz CT molecular complexity index is 1300. The summed E-state index contributed by atoms with van der Waals surface area (Å²) >= 11 is 0. The van der Waals surface area contributed by atoms with Gasteiger partial charge in [0.05, 0.1) is 23.0 Å². The Balaban J connectivity index is 1.67. The zero-order valence-corrected chi connectivity index (χ0v) is 17.3. The Morgan fingerprint density at radius 1 is 0.933 bits per heavy atom. The predicted octanol–water partition coefficient (Wildman–Crippen LogP) is 4.49. The minimum Gasteiger partial charge on any atom is -0.326 e. The van der Waals surface area contributed by atoms with Crippen molar-refractivity contribution >= 4 is 22.5 Å². The van der Waals surface area contributed by atoms with Crippen molar-refractivity contribution in [1.82, 2.24) is 9.55 Å². The molecule has 0 saturated carbocycles. The Labute approximate surface area is 175 Å². The first-order chi connectivity index (χ1) is 14.4. The zero-order valence-electron chi connectivity index (χ0n) is 17.3. The summed E-state index contributed by atoms with van der Waals surface area (Å²) in [5.41, 5.74) is 4.99. The van der Waals surface area contributed by atoms with E-state index in [1.165, 1.54) is 0 Å². The molecule has 5 heteroatoms. The highest BCUT2D eigenvalue weighted by molar-refractivity contribution is 5.94. The molecule has 5 nitrogen and oxygen atoms in total. The van der Waals surface area contributed by atoms with E-state index in [1.54, 1.807) is 22.8 Å². The number of nitrogens with one attached hydrogen (secondary N) is 1. The van der Waals surface area contributed by atoms with Gasteiger partial charge in [-0.1, -0.05) is 47.5 Å². The number of carbonyl (C=O) groups excluding carboxylic acids is 1. The number of benzene rings is 3. The maximum absolute atomic E-state index is 13.2. The van der Waals surface area contributed by atoms with Crippen LogP contribution in [0.1, 0.15) is 22.5 Å². The maximum Gasteiger partial charge on any atom is 0.266 e. The normalized spacial score (nSPS) is 10.9. The summed E-state index contributed by atoms with van der Waals surface area (Å²) in [5.74, 6) is 0.492. The van der Waals surface area contributed by atoms with E-state index < -0.39 is 0 Å². The summed E-state index contributed by atoms with van der Waals surface area (Å²) in [6, 6.07) is 20.9. The van der Waals surface area contributed by atoms with Crippen LogP contribution in [0.15, 0.2) is 71.5 Å². The van der Waals surface area contributed by atoms with Gasteiger partial charge in [-0.05, 0) is 56.7 Å². The Morgan fingerprint density at radius 2 is 1.70 bits per heavy atom. The summed E-state index contributed by atoms with van der Waals surface area (Å²) in [4.78, 5) is 30.3. The van der Waals surface area contributed by atoms with E-state index in [1.807, 2.05) is 69.3 Å². The molecule has 0 aliphatic carbocycles.